The van der Waals surface area contributed by atoms with Gasteiger partial charge in [-0.1, -0.05) is 64.8 Å². The van der Waals surface area contributed by atoms with E-state index in [1.54, 1.807) is 36.4 Å². The number of esters is 2. The fraction of sp³-hybridized carbons (Fsp3) is 0.484. The predicted molar refractivity (Wildman–Crippen MR) is 153 cm³/mol. The van der Waals surface area contributed by atoms with Gasteiger partial charge in [-0.15, -0.1) is 0 Å². The molecule has 0 aliphatic heterocycles. The van der Waals surface area contributed by atoms with Gasteiger partial charge >= 0.3 is 24.2 Å². The first-order valence-corrected chi connectivity index (χ1v) is 13.9. The number of hydrogen-bond acceptors (Lipinski definition) is 11. The summed E-state index contributed by atoms with van der Waals surface area (Å²) in [5, 5.41) is 0. The summed E-state index contributed by atoms with van der Waals surface area (Å²) in [7, 11) is 1.20. The van der Waals surface area contributed by atoms with Gasteiger partial charge in [-0.05, 0) is 41.7 Å². The Bertz CT molecular complexity index is 1190. The average Bonchev–Trinajstić information content (AvgIpc) is 2.99. The summed E-state index contributed by atoms with van der Waals surface area (Å²) in [6.07, 6.45) is -0.504. The minimum Gasteiger partial charge on any atom is -0.468 e. The van der Waals surface area contributed by atoms with Gasteiger partial charge in [0.25, 0.3) is 0 Å². The van der Waals surface area contributed by atoms with Gasteiger partial charge in [0.05, 0.1) is 32.5 Å². The van der Waals surface area contributed by atoms with Crippen molar-refractivity contribution in [1.82, 2.24) is 0 Å². The molecule has 0 aromatic heterocycles. The van der Waals surface area contributed by atoms with Crippen molar-refractivity contribution in [2.24, 2.45) is 17.6 Å². The highest BCUT2D eigenvalue weighted by Gasteiger charge is 2.36. The minimum atomic E-state index is -1.60. The van der Waals surface area contributed by atoms with Crippen molar-refractivity contribution < 1.29 is 47.6 Å². The first kappa shape index (κ1) is 34.1. The van der Waals surface area contributed by atoms with Crippen LogP contribution in [-0.4, -0.2) is 56.7 Å². The highest BCUT2D eigenvalue weighted by molar-refractivity contribution is 5.89. The predicted octanol–water partition coefficient (Wildman–Crippen LogP) is 5.47. The molecular weight excluding hydrogens is 546 g/mol. The maximum atomic E-state index is 12.7. The summed E-state index contributed by atoms with van der Waals surface area (Å²) < 4.78 is 31.2. The monoisotopic (exact) mass is 587 g/mol. The van der Waals surface area contributed by atoms with Gasteiger partial charge in [0, 0.05) is 12.8 Å². The first-order valence-electron chi connectivity index (χ1n) is 13.9. The van der Waals surface area contributed by atoms with E-state index in [4.69, 9.17) is 34.2 Å². The number of rotatable bonds is 15. The molecule has 0 radical (unpaired) electrons. The van der Waals surface area contributed by atoms with Crippen LogP contribution in [0.2, 0.25) is 0 Å². The average molecular weight is 588 g/mol. The number of benzene rings is 2. The number of hydrogen-bond donors (Lipinski definition) is 1. The molecule has 0 aliphatic carbocycles. The summed E-state index contributed by atoms with van der Waals surface area (Å²) in [5.74, 6) is -1.27. The Kier molecular flexibility index (Phi) is 13.8. The van der Waals surface area contributed by atoms with Gasteiger partial charge < -0.3 is 34.2 Å². The van der Waals surface area contributed by atoms with Crippen LogP contribution in [0.25, 0.3) is 0 Å². The van der Waals surface area contributed by atoms with Crippen molar-refractivity contribution in [2.75, 3.05) is 26.9 Å². The van der Waals surface area contributed by atoms with Gasteiger partial charge in [-0.2, -0.15) is 0 Å². The SMILES string of the molecule is CCC(C)COC(=O)Oc1ccc(C[C@](N)(CCOC(=O)c2ccccc2)C(=O)OC)cc1OC(=O)OCC(C)CC. The first-order chi connectivity index (χ1) is 20.0. The van der Waals surface area contributed by atoms with Crippen molar-refractivity contribution in [3.8, 4) is 11.5 Å². The van der Waals surface area contributed by atoms with Crippen molar-refractivity contribution >= 4 is 24.2 Å². The number of carbonyl (C=O) groups is 4. The molecule has 3 atom stereocenters. The molecule has 11 heteroatoms. The van der Waals surface area contributed by atoms with E-state index in [1.165, 1.54) is 19.2 Å². The second-order valence-electron chi connectivity index (χ2n) is 10.2. The standard InChI is InChI=1S/C31H41NO10/c1-6-21(3)19-39-29(35)41-25-14-13-23(17-26(25)42-30(36)40-20-22(4)7-2)18-31(32,28(34)37-5)15-16-38-27(33)24-11-9-8-10-12-24/h8-14,17,21-22H,6-7,15-16,18-20,32H2,1-5H3/t21?,22?,31-/m1/s1. The molecule has 0 saturated carbocycles. The normalized spacial score (nSPS) is 13.6. The van der Waals surface area contributed by atoms with Crippen molar-refractivity contribution in [3.63, 3.8) is 0 Å². The van der Waals surface area contributed by atoms with Gasteiger partial charge in [-0.3, -0.25) is 4.79 Å². The van der Waals surface area contributed by atoms with E-state index < -0.39 is 29.8 Å². The zero-order valence-electron chi connectivity index (χ0n) is 24.9. The molecule has 2 rings (SSSR count). The van der Waals surface area contributed by atoms with Crippen LogP contribution in [0.3, 0.4) is 0 Å². The molecule has 2 aromatic rings. The molecule has 230 valence electrons. The van der Waals surface area contributed by atoms with E-state index in [-0.39, 0.29) is 56.0 Å². The van der Waals surface area contributed by atoms with E-state index in [0.29, 0.717) is 11.1 Å². The van der Waals surface area contributed by atoms with Crippen LogP contribution < -0.4 is 15.2 Å². The Hall–Kier alpha value is -4.12. The maximum Gasteiger partial charge on any atom is 0.513 e. The fourth-order valence-corrected chi connectivity index (χ4v) is 3.53. The van der Waals surface area contributed by atoms with E-state index in [0.717, 1.165) is 12.8 Å². The second-order valence-corrected chi connectivity index (χ2v) is 10.2. The highest BCUT2D eigenvalue weighted by atomic mass is 16.7. The Morgan fingerprint density at radius 1 is 0.810 bits per heavy atom. The lowest BCUT2D eigenvalue weighted by molar-refractivity contribution is -0.147. The smallest absolute Gasteiger partial charge is 0.468 e. The molecule has 2 N–H and O–H groups in total. The molecule has 0 heterocycles. The van der Waals surface area contributed by atoms with Gasteiger partial charge in [0.2, 0.25) is 0 Å². The number of carbonyl (C=O) groups excluding carboxylic acids is 4. The largest absolute Gasteiger partial charge is 0.513 e. The third-order valence-corrected chi connectivity index (χ3v) is 6.66. The third kappa shape index (κ3) is 11.0. The van der Waals surface area contributed by atoms with Crippen molar-refractivity contribution in [3.05, 3.63) is 59.7 Å². The number of methoxy groups -OCH3 is 1. The van der Waals surface area contributed by atoms with Crippen molar-refractivity contribution in [1.29, 1.82) is 0 Å². The minimum absolute atomic E-state index is 0.0639. The molecule has 0 amide bonds. The quantitative estimate of drug-likeness (QED) is 0.160. The summed E-state index contributed by atoms with van der Waals surface area (Å²) in [4.78, 5) is 49.8. The summed E-state index contributed by atoms with van der Waals surface area (Å²) in [6, 6.07) is 12.7. The molecular formula is C31H41NO10. The van der Waals surface area contributed by atoms with Crippen LogP contribution in [0.5, 0.6) is 11.5 Å². The Labute approximate surface area is 246 Å². The molecule has 2 aromatic carbocycles. The van der Waals surface area contributed by atoms with Gasteiger partial charge in [-0.25, -0.2) is 14.4 Å². The van der Waals surface area contributed by atoms with Gasteiger partial charge in [0.15, 0.2) is 11.5 Å². The maximum absolute atomic E-state index is 12.7. The molecule has 2 unspecified atom stereocenters. The number of ether oxygens (including phenoxy) is 6. The van der Waals surface area contributed by atoms with E-state index >= 15 is 0 Å². The molecule has 0 saturated heterocycles. The van der Waals surface area contributed by atoms with Gasteiger partial charge in [0.1, 0.15) is 5.54 Å². The van der Waals surface area contributed by atoms with Crippen LogP contribution in [0.1, 0.15) is 62.9 Å². The summed E-state index contributed by atoms with van der Waals surface area (Å²) in [5.41, 5.74) is 5.66. The lowest BCUT2D eigenvalue weighted by Gasteiger charge is -2.26. The second kappa shape index (κ2) is 17.0. The molecule has 0 bridgehead atoms. The van der Waals surface area contributed by atoms with Crippen LogP contribution >= 0.6 is 0 Å². The molecule has 11 nitrogen and oxygen atoms in total. The zero-order valence-corrected chi connectivity index (χ0v) is 24.9. The van der Waals surface area contributed by atoms with Crippen molar-refractivity contribution in [2.45, 2.75) is 58.9 Å². The fourth-order valence-electron chi connectivity index (χ4n) is 3.53. The van der Waals surface area contributed by atoms with Crippen LogP contribution in [0, 0.1) is 11.8 Å². The Morgan fingerprint density at radius 2 is 1.38 bits per heavy atom. The molecule has 42 heavy (non-hydrogen) atoms. The lowest BCUT2D eigenvalue weighted by Crippen LogP contribution is -2.51. The van der Waals surface area contributed by atoms with E-state index in [2.05, 4.69) is 0 Å². The third-order valence-electron chi connectivity index (χ3n) is 6.66. The summed E-state index contributed by atoms with van der Waals surface area (Å²) in [6.45, 7) is 7.90. The molecule has 0 spiro atoms. The van der Waals surface area contributed by atoms with Crippen LogP contribution in [-0.2, 0) is 30.2 Å². The lowest BCUT2D eigenvalue weighted by atomic mass is 9.88. The Morgan fingerprint density at radius 3 is 1.93 bits per heavy atom. The van der Waals surface area contributed by atoms with Crippen LogP contribution in [0.4, 0.5) is 9.59 Å². The van der Waals surface area contributed by atoms with E-state index in [9.17, 15) is 19.2 Å². The molecule has 0 aliphatic rings. The van der Waals surface area contributed by atoms with E-state index in [1.807, 2.05) is 27.7 Å². The topological polar surface area (TPSA) is 150 Å². The number of nitrogens with two attached hydrogens (primary N) is 1. The highest BCUT2D eigenvalue weighted by Crippen LogP contribution is 2.31. The Balaban J connectivity index is 2.23. The zero-order chi connectivity index (χ0) is 31.1. The molecule has 0 fully saturated rings. The van der Waals surface area contributed by atoms with Crippen LogP contribution in [0.15, 0.2) is 48.5 Å². The summed E-state index contributed by atoms with van der Waals surface area (Å²) >= 11 is 0.